The molecule has 0 saturated carbocycles. The summed E-state index contributed by atoms with van der Waals surface area (Å²) in [6.45, 7) is 2.31. The Morgan fingerprint density at radius 1 is 1.88 bits per heavy atom. The van der Waals surface area contributed by atoms with E-state index in [4.69, 9.17) is 4.74 Å². The lowest BCUT2D eigenvalue weighted by Gasteiger charge is -1.74. The lowest BCUT2D eigenvalue weighted by Crippen LogP contribution is -1.82. The van der Waals surface area contributed by atoms with Crippen molar-refractivity contribution in [2.75, 3.05) is 6.61 Å². The zero-order chi connectivity index (χ0) is 5.98. The molecule has 44 valence electrons. The molecule has 0 aromatic carbocycles. The van der Waals surface area contributed by atoms with Crippen LogP contribution in [0.1, 0.15) is 6.92 Å². The smallest absolute Gasteiger partial charge is 0.152 e. The van der Waals surface area contributed by atoms with E-state index < -0.39 is 0 Å². The standard InChI is InChI=1S/C6H8O2/c1-5(7)2-3-6-4-8-6/h2-3,6H,4H2,1H3/b3-2+/t6-/m0/s1. The molecule has 0 spiro atoms. The van der Waals surface area contributed by atoms with Crippen LogP contribution in [0, 0.1) is 0 Å². The highest BCUT2D eigenvalue weighted by Gasteiger charge is 2.17. The van der Waals surface area contributed by atoms with Gasteiger partial charge >= 0.3 is 0 Å². The summed E-state index contributed by atoms with van der Waals surface area (Å²) in [7, 11) is 0. The quantitative estimate of drug-likeness (QED) is 0.385. The Kier molecular flexibility index (Phi) is 1.44. The van der Waals surface area contributed by atoms with Gasteiger partial charge in [0.15, 0.2) is 5.78 Å². The number of carbonyl (C=O) groups is 1. The first-order valence-electron chi connectivity index (χ1n) is 2.59. The topological polar surface area (TPSA) is 29.6 Å². The van der Waals surface area contributed by atoms with Gasteiger partial charge in [0.2, 0.25) is 0 Å². The second-order valence-corrected chi connectivity index (χ2v) is 1.84. The number of ketones is 1. The highest BCUT2D eigenvalue weighted by Crippen LogP contribution is 2.09. The average molecular weight is 112 g/mol. The summed E-state index contributed by atoms with van der Waals surface area (Å²) in [5, 5.41) is 0. The van der Waals surface area contributed by atoms with Gasteiger partial charge in [-0.15, -0.1) is 0 Å². The van der Waals surface area contributed by atoms with Crippen molar-refractivity contribution in [1.29, 1.82) is 0 Å². The molecule has 1 aliphatic heterocycles. The summed E-state index contributed by atoms with van der Waals surface area (Å²) < 4.78 is 4.82. The van der Waals surface area contributed by atoms with Crippen molar-refractivity contribution in [3.8, 4) is 0 Å². The minimum absolute atomic E-state index is 0.0838. The monoisotopic (exact) mass is 112 g/mol. The van der Waals surface area contributed by atoms with Crippen molar-refractivity contribution < 1.29 is 9.53 Å². The fourth-order valence-corrected chi connectivity index (χ4v) is 0.410. The zero-order valence-corrected chi connectivity index (χ0v) is 4.76. The van der Waals surface area contributed by atoms with Crippen LogP contribution in [-0.2, 0) is 9.53 Å². The van der Waals surface area contributed by atoms with E-state index in [-0.39, 0.29) is 11.9 Å². The lowest BCUT2D eigenvalue weighted by atomic mass is 10.3. The van der Waals surface area contributed by atoms with E-state index in [1.807, 2.05) is 0 Å². The van der Waals surface area contributed by atoms with Crippen LogP contribution in [0.5, 0.6) is 0 Å². The molecule has 1 heterocycles. The van der Waals surface area contributed by atoms with E-state index in [9.17, 15) is 4.79 Å². The molecule has 2 nitrogen and oxygen atoms in total. The molecule has 1 aliphatic rings. The SMILES string of the molecule is CC(=O)/C=C/[C@H]1CO1. The van der Waals surface area contributed by atoms with Crippen LogP contribution < -0.4 is 0 Å². The molecule has 0 N–H and O–H groups in total. The molecule has 0 amide bonds. The van der Waals surface area contributed by atoms with Gasteiger partial charge in [0.05, 0.1) is 12.7 Å². The summed E-state index contributed by atoms with van der Waals surface area (Å²) in [5.41, 5.74) is 0. The molecule has 0 unspecified atom stereocenters. The number of hydrogen-bond acceptors (Lipinski definition) is 2. The van der Waals surface area contributed by atoms with Gasteiger partial charge in [-0.1, -0.05) is 6.08 Å². The van der Waals surface area contributed by atoms with Crippen LogP contribution in [0.2, 0.25) is 0 Å². The Morgan fingerprint density at radius 2 is 2.50 bits per heavy atom. The molecule has 8 heavy (non-hydrogen) atoms. The van der Waals surface area contributed by atoms with Crippen LogP contribution in [-0.4, -0.2) is 18.5 Å². The predicted molar refractivity (Wildman–Crippen MR) is 29.6 cm³/mol. The predicted octanol–water partition coefficient (Wildman–Crippen LogP) is 0.530. The summed E-state index contributed by atoms with van der Waals surface area (Å²) in [6, 6.07) is 0. The van der Waals surface area contributed by atoms with Crippen molar-refractivity contribution in [1.82, 2.24) is 0 Å². The Labute approximate surface area is 48.1 Å². The van der Waals surface area contributed by atoms with Gasteiger partial charge in [-0.05, 0) is 13.0 Å². The van der Waals surface area contributed by atoms with E-state index in [1.54, 1.807) is 6.08 Å². The van der Waals surface area contributed by atoms with Gasteiger partial charge < -0.3 is 4.74 Å². The van der Waals surface area contributed by atoms with Crippen molar-refractivity contribution in [2.24, 2.45) is 0 Å². The van der Waals surface area contributed by atoms with E-state index in [1.165, 1.54) is 13.0 Å². The molecule has 0 radical (unpaired) electrons. The number of epoxide rings is 1. The summed E-state index contributed by atoms with van der Waals surface area (Å²) in [6.07, 6.45) is 3.55. The van der Waals surface area contributed by atoms with Crippen LogP contribution in [0.25, 0.3) is 0 Å². The van der Waals surface area contributed by atoms with Gasteiger partial charge in [0, 0.05) is 0 Å². The number of carbonyl (C=O) groups excluding carboxylic acids is 1. The third kappa shape index (κ3) is 1.89. The Balaban J connectivity index is 2.23. The van der Waals surface area contributed by atoms with Crippen molar-refractivity contribution in [3.05, 3.63) is 12.2 Å². The van der Waals surface area contributed by atoms with Gasteiger partial charge in [-0.2, -0.15) is 0 Å². The maximum Gasteiger partial charge on any atom is 0.152 e. The van der Waals surface area contributed by atoms with Crippen molar-refractivity contribution in [2.45, 2.75) is 13.0 Å². The maximum absolute atomic E-state index is 10.2. The van der Waals surface area contributed by atoms with Crippen LogP contribution in [0.4, 0.5) is 0 Å². The van der Waals surface area contributed by atoms with E-state index >= 15 is 0 Å². The first-order valence-corrected chi connectivity index (χ1v) is 2.59. The normalized spacial score (nSPS) is 26.4. The Hall–Kier alpha value is -0.630. The van der Waals surface area contributed by atoms with Gasteiger partial charge in [-0.25, -0.2) is 0 Å². The number of allylic oxidation sites excluding steroid dienone is 1. The average Bonchev–Trinajstić information content (AvgIpc) is 2.41. The molecule has 0 bridgehead atoms. The number of ether oxygens (including phenoxy) is 1. The van der Waals surface area contributed by atoms with E-state index in [2.05, 4.69) is 0 Å². The van der Waals surface area contributed by atoms with E-state index in [0.29, 0.717) is 0 Å². The third-order valence-electron chi connectivity index (χ3n) is 0.905. The third-order valence-corrected chi connectivity index (χ3v) is 0.905. The molecule has 0 aromatic heterocycles. The number of hydrogen-bond donors (Lipinski definition) is 0. The van der Waals surface area contributed by atoms with E-state index in [0.717, 1.165) is 6.61 Å². The lowest BCUT2D eigenvalue weighted by molar-refractivity contribution is -0.112. The van der Waals surface area contributed by atoms with Crippen molar-refractivity contribution in [3.63, 3.8) is 0 Å². The van der Waals surface area contributed by atoms with Crippen LogP contribution in [0.15, 0.2) is 12.2 Å². The molecule has 1 atom stereocenters. The van der Waals surface area contributed by atoms with Gasteiger partial charge in [-0.3, -0.25) is 4.79 Å². The first-order chi connectivity index (χ1) is 3.79. The summed E-state index contributed by atoms with van der Waals surface area (Å²) in [5.74, 6) is 0.0838. The maximum atomic E-state index is 10.2. The largest absolute Gasteiger partial charge is 0.369 e. The molecular formula is C6H8O2. The fourth-order valence-electron chi connectivity index (χ4n) is 0.410. The summed E-state index contributed by atoms with van der Waals surface area (Å²) >= 11 is 0. The van der Waals surface area contributed by atoms with Crippen LogP contribution >= 0.6 is 0 Å². The van der Waals surface area contributed by atoms with Crippen LogP contribution in [0.3, 0.4) is 0 Å². The van der Waals surface area contributed by atoms with Crippen molar-refractivity contribution >= 4 is 5.78 Å². The second kappa shape index (κ2) is 2.09. The molecule has 1 saturated heterocycles. The highest BCUT2D eigenvalue weighted by molar-refractivity contribution is 5.87. The fraction of sp³-hybridized carbons (Fsp3) is 0.500. The molecule has 0 aromatic rings. The molecule has 1 fully saturated rings. The zero-order valence-electron chi connectivity index (χ0n) is 4.76. The molecule has 0 aliphatic carbocycles. The Bertz CT molecular complexity index is 122. The molecule has 2 heteroatoms. The minimum Gasteiger partial charge on any atom is -0.369 e. The first kappa shape index (κ1) is 5.51. The summed E-state index contributed by atoms with van der Waals surface area (Å²) in [4.78, 5) is 10.2. The van der Waals surface area contributed by atoms with Gasteiger partial charge in [0.1, 0.15) is 0 Å². The Morgan fingerprint density at radius 3 is 2.88 bits per heavy atom. The molecule has 1 rings (SSSR count). The minimum atomic E-state index is 0.0838. The second-order valence-electron chi connectivity index (χ2n) is 1.84. The molecular weight excluding hydrogens is 104 g/mol. The highest BCUT2D eigenvalue weighted by atomic mass is 16.6. The van der Waals surface area contributed by atoms with Gasteiger partial charge in [0.25, 0.3) is 0 Å². The number of rotatable bonds is 2.